The van der Waals surface area contributed by atoms with Crippen molar-refractivity contribution in [3.63, 3.8) is 0 Å². The zero-order valence-corrected chi connectivity index (χ0v) is 8.72. The highest BCUT2D eigenvalue weighted by molar-refractivity contribution is 6.31. The fourth-order valence-corrected chi connectivity index (χ4v) is 1.83. The van der Waals surface area contributed by atoms with Gasteiger partial charge in [-0.15, -0.1) is 0 Å². The Morgan fingerprint density at radius 2 is 2.07 bits per heavy atom. The second kappa shape index (κ2) is 3.31. The fraction of sp³-hybridized carbons (Fsp3) is 0.300. The molecule has 0 unspecified atom stereocenters. The molecule has 0 radical (unpaired) electrons. The monoisotopic (exact) mass is 220 g/mol. The summed E-state index contributed by atoms with van der Waals surface area (Å²) >= 11 is 6.00. The molecule has 1 aliphatic carbocycles. The van der Waals surface area contributed by atoms with Crippen molar-refractivity contribution in [2.24, 2.45) is 0 Å². The first-order valence-corrected chi connectivity index (χ1v) is 5.23. The molecule has 1 saturated carbocycles. The topological polar surface area (TPSA) is 43.6 Å². The van der Waals surface area contributed by atoms with Crippen LogP contribution in [0.4, 0.5) is 0 Å². The zero-order valence-electron chi connectivity index (χ0n) is 7.97. The minimum atomic E-state index is 0.430. The Morgan fingerprint density at radius 1 is 1.27 bits per heavy atom. The summed E-state index contributed by atoms with van der Waals surface area (Å²) in [5.74, 6) is 0. The first-order chi connectivity index (χ1) is 7.36. The van der Waals surface area contributed by atoms with Gasteiger partial charge in [-0.25, -0.2) is 15.0 Å². The summed E-state index contributed by atoms with van der Waals surface area (Å²) in [6.07, 6.45) is 9.27. The van der Waals surface area contributed by atoms with Gasteiger partial charge in [-0.05, 0) is 12.8 Å². The molecule has 0 amide bonds. The van der Waals surface area contributed by atoms with E-state index in [1.807, 2.05) is 6.33 Å². The van der Waals surface area contributed by atoms with Crippen LogP contribution in [0.15, 0.2) is 24.9 Å². The van der Waals surface area contributed by atoms with Crippen LogP contribution in [0.5, 0.6) is 0 Å². The van der Waals surface area contributed by atoms with Gasteiger partial charge in [-0.3, -0.25) is 0 Å². The number of imidazole rings is 1. The van der Waals surface area contributed by atoms with Gasteiger partial charge in [0.2, 0.25) is 0 Å². The maximum Gasteiger partial charge on any atom is 0.156 e. The van der Waals surface area contributed by atoms with Crippen LogP contribution in [0, 0.1) is 0 Å². The van der Waals surface area contributed by atoms with E-state index >= 15 is 0 Å². The van der Waals surface area contributed by atoms with E-state index in [4.69, 9.17) is 11.6 Å². The van der Waals surface area contributed by atoms with Gasteiger partial charge < -0.3 is 4.57 Å². The van der Waals surface area contributed by atoms with E-state index in [2.05, 4.69) is 19.5 Å². The lowest BCUT2D eigenvalue weighted by Gasteiger charge is -2.05. The van der Waals surface area contributed by atoms with Crippen LogP contribution in [-0.4, -0.2) is 19.5 Å². The summed E-state index contributed by atoms with van der Waals surface area (Å²) in [6.45, 7) is 0. The van der Waals surface area contributed by atoms with Crippen LogP contribution in [0.25, 0.3) is 11.4 Å². The average molecular weight is 221 g/mol. The molecule has 0 bridgehead atoms. The van der Waals surface area contributed by atoms with E-state index in [9.17, 15) is 0 Å². The summed E-state index contributed by atoms with van der Waals surface area (Å²) < 4.78 is 2.12. The van der Waals surface area contributed by atoms with E-state index in [0.29, 0.717) is 16.9 Å². The second-order valence-corrected chi connectivity index (χ2v) is 3.97. The third kappa shape index (κ3) is 1.51. The van der Waals surface area contributed by atoms with E-state index < -0.39 is 0 Å². The maximum absolute atomic E-state index is 6.00. The molecule has 15 heavy (non-hydrogen) atoms. The lowest BCUT2D eigenvalue weighted by Crippen LogP contribution is -1.97. The van der Waals surface area contributed by atoms with Crippen molar-refractivity contribution in [2.45, 2.75) is 18.9 Å². The number of rotatable bonds is 2. The van der Waals surface area contributed by atoms with E-state index in [-0.39, 0.29) is 0 Å². The van der Waals surface area contributed by atoms with Crippen LogP contribution in [0.1, 0.15) is 18.9 Å². The molecule has 1 fully saturated rings. The van der Waals surface area contributed by atoms with Gasteiger partial charge in [0, 0.05) is 18.4 Å². The van der Waals surface area contributed by atoms with Crippen LogP contribution in [0.2, 0.25) is 5.15 Å². The second-order valence-electron chi connectivity index (χ2n) is 3.61. The van der Waals surface area contributed by atoms with Gasteiger partial charge in [-0.1, -0.05) is 11.6 Å². The van der Waals surface area contributed by atoms with Crippen LogP contribution in [0.3, 0.4) is 0 Å². The molecule has 3 rings (SSSR count). The standard InChI is InChI=1S/C10H9ClN4/c11-10-9(13-3-4-14-10)8-5-12-6-15(8)7-1-2-7/h3-7H,1-2H2. The molecule has 0 spiro atoms. The summed E-state index contributed by atoms with van der Waals surface area (Å²) in [7, 11) is 0. The van der Waals surface area contributed by atoms with E-state index in [1.165, 1.54) is 12.8 Å². The van der Waals surface area contributed by atoms with Gasteiger partial charge >= 0.3 is 0 Å². The Morgan fingerprint density at radius 3 is 2.80 bits per heavy atom. The molecule has 1 aliphatic rings. The van der Waals surface area contributed by atoms with Crippen molar-refractivity contribution < 1.29 is 0 Å². The highest BCUT2D eigenvalue weighted by atomic mass is 35.5. The molecule has 2 heterocycles. The fourth-order valence-electron chi connectivity index (χ4n) is 1.62. The van der Waals surface area contributed by atoms with E-state index in [0.717, 1.165) is 5.69 Å². The lowest BCUT2D eigenvalue weighted by atomic mass is 10.3. The number of aromatic nitrogens is 4. The maximum atomic E-state index is 6.00. The average Bonchev–Trinajstić information content (AvgIpc) is 2.98. The molecule has 2 aromatic rings. The molecule has 0 aromatic carbocycles. The van der Waals surface area contributed by atoms with Crippen molar-refractivity contribution in [2.75, 3.05) is 0 Å². The summed E-state index contributed by atoms with van der Waals surface area (Å²) in [6, 6.07) is 0.570. The summed E-state index contributed by atoms with van der Waals surface area (Å²) in [5, 5.41) is 0.430. The number of hydrogen-bond donors (Lipinski definition) is 0. The van der Waals surface area contributed by atoms with Gasteiger partial charge in [0.1, 0.15) is 5.69 Å². The van der Waals surface area contributed by atoms with Crippen molar-refractivity contribution in [1.29, 1.82) is 0 Å². The first-order valence-electron chi connectivity index (χ1n) is 4.85. The highest BCUT2D eigenvalue weighted by Crippen LogP contribution is 2.38. The third-order valence-electron chi connectivity index (χ3n) is 2.50. The van der Waals surface area contributed by atoms with E-state index in [1.54, 1.807) is 18.6 Å². The summed E-state index contributed by atoms with van der Waals surface area (Å²) in [5.41, 5.74) is 1.67. The Balaban J connectivity index is 2.12. The molecule has 0 N–H and O–H groups in total. The largest absolute Gasteiger partial charge is 0.326 e. The predicted octanol–water partition coefficient (Wildman–Crippen LogP) is 2.33. The Kier molecular flexibility index (Phi) is 1.95. The predicted molar refractivity (Wildman–Crippen MR) is 56.5 cm³/mol. The van der Waals surface area contributed by atoms with Crippen molar-refractivity contribution >= 4 is 11.6 Å². The Bertz CT molecular complexity index is 490. The Hall–Kier alpha value is -1.42. The molecule has 5 heteroatoms. The van der Waals surface area contributed by atoms with Gasteiger partial charge in [-0.2, -0.15) is 0 Å². The van der Waals surface area contributed by atoms with Gasteiger partial charge in [0.15, 0.2) is 5.15 Å². The van der Waals surface area contributed by atoms with Crippen LogP contribution < -0.4 is 0 Å². The van der Waals surface area contributed by atoms with Gasteiger partial charge in [0.05, 0.1) is 18.2 Å². The molecular weight excluding hydrogens is 212 g/mol. The zero-order chi connectivity index (χ0) is 10.3. The lowest BCUT2D eigenvalue weighted by molar-refractivity contribution is 0.745. The van der Waals surface area contributed by atoms with Crippen molar-refractivity contribution in [1.82, 2.24) is 19.5 Å². The highest BCUT2D eigenvalue weighted by Gasteiger charge is 2.26. The molecule has 4 nitrogen and oxygen atoms in total. The Labute approximate surface area is 92.0 Å². The van der Waals surface area contributed by atoms with Crippen molar-refractivity contribution in [3.05, 3.63) is 30.1 Å². The minimum absolute atomic E-state index is 0.430. The molecular formula is C10H9ClN4. The number of nitrogens with zero attached hydrogens (tertiary/aromatic N) is 4. The molecule has 0 atom stereocenters. The SMILES string of the molecule is Clc1nccnc1-c1cncn1C1CC1. The normalized spacial score (nSPS) is 15.5. The smallest absolute Gasteiger partial charge is 0.156 e. The molecule has 0 aliphatic heterocycles. The summed E-state index contributed by atoms with van der Waals surface area (Å²) in [4.78, 5) is 12.4. The first kappa shape index (κ1) is 8.85. The molecule has 76 valence electrons. The van der Waals surface area contributed by atoms with Crippen LogP contribution >= 0.6 is 11.6 Å². The van der Waals surface area contributed by atoms with Gasteiger partial charge in [0.25, 0.3) is 0 Å². The quantitative estimate of drug-likeness (QED) is 0.780. The van der Waals surface area contributed by atoms with Crippen LogP contribution in [-0.2, 0) is 0 Å². The molecule has 2 aromatic heterocycles. The third-order valence-corrected chi connectivity index (χ3v) is 2.78. The number of hydrogen-bond acceptors (Lipinski definition) is 3. The minimum Gasteiger partial charge on any atom is -0.326 e. The molecule has 0 saturated heterocycles. The van der Waals surface area contributed by atoms with Crippen molar-refractivity contribution in [3.8, 4) is 11.4 Å². The number of halogens is 1.